The summed E-state index contributed by atoms with van der Waals surface area (Å²) in [7, 11) is 2.81. The summed E-state index contributed by atoms with van der Waals surface area (Å²) in [4.78, 5) is 37.5. The number of anilines is 2. The Bertz CT molecular complexity index is 1600. The van der Waals surface area contributed by atoms with Gasteiger partial charge in [-0.15, -0.1) is 0 Å². The van der Waals surface area contributed by atoms with Crippen LogP contribution in [0.1, 0.15) is 12.8 Å². The Balaban J connectivity index is 1.35. The Kier molecular flexibility index (Phi) is 6.64. The van der Waals surface area contributed by atoms with Gasteiger partial charge >= 0.3 is 0 Å². The highest BCUT2D eigenvalue weighted by molar-refractivity contribution is 6.16. The Morgan fingerprint density at radius 3 is 2.26 bits per heavy atom. The zero-order chi connectivity index (χ0) is 27.7. The van der Waals surface area contributed by atoms with Crippen molar-refractivity contribution in [1.29, 1.82) is 0 Å². The molecule has 3 heterocycles. The molecule has 2 amide bonds. The molecule has 0 bridgehead atoms. The number of ether oxygens (including phenoxy) is 3. The smallest absolute Gasteiger partial charge is 0.258 e. The average Bonchev–Trinajstić information content (AvgIpc) is 3.74. The van der Waals surface area contributed by atoms with Crippen LogP contribution in [0.3, 0.4) is 0 Å². The van der Waals surface area contributed by atoms with Gasteiger partial charge in [-0.2, -0.15) is 9.37 Å². The summed E-state index contributed by atoms with van der Waals surface area (Å²) in [5, 5.41) is 4.77. The summed E-state index contributed by atoms with van der Waals surface area (Å²) in [6.07, 6.45) is 1.77. The van der Waals surface area contributed by atoms with Crippen molar-refractivity contribution in [2.45, 2.75) is 12.8 Å². The Hall–Kier alpha value is -4.94. The number of nitrogens with one attached hydrogen (secondary N) is 2. The van der Waals surface area contributed by atoms with Gasteiger partial charge < -0.3 is 24.8 Å². The number of fused-ring (bicyclic) bond motifs is 1. The fourth-order valence-electron chi connectivity index (χ4n) is 3.81. The van der Waals surface area contributed by atoms with E-state index in [2.05, 4.69) is 25.6 Å². The normalized spacial score (nSPS) is 13.5. The number of benzene rings is 1. The van der Waals surface area contributed by atoms with Crippen molar-refractivity contribution < 1.29 is 37.0 Å². The molecule has 200 valence electrons. The Morgan fingerprint density at radius 2 is 1.59 bits per heavy atom. The van der Waals surface area contributed by atoms with Crippen molar-refractivity contribution in [2.75, 3.05) is 24.9 Å². The molecule has 1 aromatic carbocycles. The number of carbonyl (C=O) groups excluding carboxylic acids is 2. The standard InChI is InChI=1S/C26H20F3N5O5/c1-37-19-12-16-20(33-23(19)38-2)18(7-10-30-16)39-22-15(28)11-17(21(29)34-22)32-25(36)26(8-9-26)24(35)31-14-5-3-13(27)4-6-14/h3-7,10-12H,8-9H2,1-2H3,(H,31,35)(H,32,36). The Labute approximate surface area is 219 Å². The molecule has 0 radical (unpaired) electrons. The quantitative estimate of drug-likeness (QED) is 0.246. The zero-order valence-electron chi connectivity index (χ0n) is 20.5. The van der Waals surface area contributed by atoms with Crippen LogP contribution in [0.4, 0.5) is 24.5 Å². The molecule has 0 atom stereocenters. The fraction of sp³-hybridized carbons (Fsp3) is 0.192. The van der Waals surface area contributed by atoms with E-state index in [0.717, 1.165) is 12.1 Å². The SMILES string of the molecule is COc1cc2nccc(Oc3nc(F)c(NC(=O)C4(C(=O)Nc5ccc(F)cc5)CC4)cc3F)c2nc1OC. The highest BCUT2D eigenvalue weighted by atomic mass is 19.1. The summed E-state index contributed by atoms with van der Waals surface area (Å²) in [5.41, 5.74) is -1.25. The van der Waals surface area contributed by atoms with Gasteiger partial charge in [0.1, 0.15) is 16.7 Å². The van der Waals surface area contributed by atoms with Crippen LogP contribution in [0.15, 0.2) is 48.7 Å². The number of pyridine rings is 3. The molecule has 0 saturated heterocycles. The number of methoxy groups -OCH3 is 2. The Morgan fingerprint density at radius 1 is 0.872 bits per heavy atom. The number of carbonyl (C=O) groups is 2. The maximum atomic E-state index is 14.9. The molecule has 0 aliphatic heterocycles. The van der Waals surface area contributed by atoms with Crippen molar-refractivity contribution in [2.24, 2.45) is 5.41 Å². The van der Waals surface area contributed by atoms with Crippen molar-refractivity contribution in [1.82, 2.24) is 15.0 Å². The van der Waals surface area contributed by atoms with Gasteiger partial charge in [0.05, 0.1) is 25.4 Å². The predicted molar refractivity (Wildman–Crippen MR) is 132 cm³/mol. The largest absolute Gasteiger partial charge is 0.491 e. The lowest BCUT2D eigenvalue weighted by Gasteiger charge is -2.16. The van der Waals surface area contributed by atoms with Crippen LogP contribution >= 0.6 is 0 Å². The number of hydrogen-bond donors (Lipinski definition) is 2. The van der Waals surface area contributed by atoms with E-state index >= 15 is 0 Å². The van der Waals surface area contributed by atoms with Crippen LogP contribution in [-0.2, 0) is 9.59 Å². The van der Waals surface area contributed by atoms with Crippen molar-refractivity contribution >= 4 is 34.2 Å². The van der Waals surface area contributed by atoms with Crippen LogP contribution in [0.5, 0.6) is 23.3 Å². The molecule has 1 fully saturated rings. The average molecular weight is 539 g/mol. The topological polar surface area (TPSA) is 125 Å². The first-order chi connectivity index (χ1) is 18.7. The maximum Gasteiger partial charge on any atom is 0.258 e. The lowest BCUT2D eigenvalue weighted by atomic mass is 10.0. The third kappa shape index (κ3) is 4.98. The molecule has 3 aromatic heterocycles. The van der Waals surface area contributed by atoms with Gasteiger partial charge in [0.2, 0.25) is 17.8 Å². The lowest BCUT2D eigenvalue weighted by molar-refractivity contribution is -0.131. The second-order valence-corrected chi connectivity index (χ2v) is 8.59. The first-order valence-corrected chi connectivity index (χ1v) is 11.5. The van der Waals surface area contributed by atoms with Gasteiger partial charge in [-0.3, -0.25) is 14.6 Å². The molecule has 5 rings (SSSR count). The molecular weight excluding hydrogens is 519 g/mol. The third-order valence-corrected chi connectivity index (χ3v) is 6.09. The molecule has 39 heavy (non-hydrogen) atoms. The van der Waals surface area contributed by atoms with E-state index in [-0.39, 0.29) is 35.7 Å². The summed E-state index contributed by atoms with van der Waals surface area (Å²) < 4.78 is 58.8. The molecule has 1 saturated carbocycles. The molecular formula is C26H20F3N5O5. The maximum absolute atomic E-state index is 14.9. The minimum atomic E-state index is -1.48. The third-order valence-electron chi connectivity index (χ3n) is 6.09. The van der Waals surface area contributed by atoms with Crippen LogP contribution in [0.2, 0.25) is 0 Å². The summed E-state index contributed by atoms with van der Waals surface area (Å²) >= 11 is 0. The minimum absolute atomic E-state index is 0.0120. The van der Waals surface area contributed by atoms with Gasteiger partial charge in [-0.25, -0.2) is 13.8 Å². The fourth-order valence-corrected chi connectivity index (χ4v) is 3.81. The van der Waals surface area contributed by atoms with Crippen LogP contribution < -0.4 is 24.8 Å². The van der Waals surface area contributed by atoms with Gasteiger partial charge in [0.15, 0.2) is 17.3 Å². The van der Waals surface area contributed by atoms with E-state index < -0.39 is 46.4 Å². The first kappa shape index (κ1) is 25.7. The van der Waals surface area contributed by atoms with E-state index in [0.29, 0.717) is 17.3 Å². The second-order valence-electron chi connectivity index (χ2n) is 8.59. The zero-order valence-corrected chi connectivity index (χ0v) is 20.5. The number of rotatable bonds is 8. The molecule has 13 heteroatoms. The minimum Gasteiger partial charge on any atom is -0.491 e. The predicted octanol–water partition coefficient (Wildman–Crippen LogP) is 4.61. The molecule has 10 nitrogen and oxygen atoms in total. The number of amides is 2. The number of nitrogens with zero attached hydrogens (tertiary/aromatic N) is 3. The molecule has 1 aliphatic rings. The van der Waals surface area contributed by atoms with Crippen LogP contribution in [0, 0.1) is 23.0 Å². The summed E-state index contributed by atoms with van der Waals surface area (Å²) in [5.74, 6) is -4.56. The molecule has 4 aromatic rings. The second kappa shape index (κ2) is 10.1. The summed E-state index contributed by atoms with van der Waals surface area (Å²) in [6, 6.07) is 8.61. The van der Waals surface area contributed by atoms with Crippen LogP contribution in [0.25, 0.3) is 11.0 Å². The number of aromatic nitrogens is 3. The molecule has 0 spiro atoms. The van der Waals surface area contributed by atoms with E-state index in [9.17, 15) is 22.8 Å². The highest BCUT2D eigenvalue weighted by Gasteiger charge is 2.56. The molecule has 2 N–H and O–H groups in total. The van der Waals surface area contributed by atoms with Gasteiger partial charge in [0.25, 0.3) is 11.8 Å². The van der Waals surface area contributed by atoms with Gasteiger partial charge in [-0.1, -0.05) is 0 Å². The molecule has 0 unspecified atom stereocenters. The van der Waals surface area contributed by atoms with E-state index in [1.165, 1.54) is 44.7 Å². The van der Waals surface area contributed by atoms with Crippen molar-refractivity contribution in [3.63, 3.8) is 0 Å². The highest BCUT2D eigenvalue weighted by Crippen LogP contribution is 2.47. The molecule has 1 aliphatic carbocycles. The number of halogens is 3. The van der Waals surface area contributed by atoms with E-state index in [1.807, 2.05) is 0 Å². The van der Waals surface area contributed by atoms with Crippen LogP contribution in [-0.4, -0.2) is 41.0 Å². The monoisotopic (exact) mass is 539 g/mol. The lowest BCUT2D eigenvalue weighted by Crippen LogP contribution is -2.36. The van der Waals surface area contributed by atoms with Gasteiger partial charge in [-0.05, 0) is 37.1 Å². The number of hydrogen-bond acceptors (Lipinski definition) is 8. The van der Waals surface area contributed by atoms with E-state index in [4.69, 9.17) is 14.2 Å². The van der Waals surface area contributed by atoms with E-state index in [1.54, 1.807) is 0 Å². The first-order valence-electron chi connectivity index (χ1n) is 11.5. The van der Waals surface area contributed by atoms with Crippen molar-refractivity contribution in [3.05, 3.63) is 66.2 Å². The summed E-state index contributed by atoms with van der Waals surface area (Å²) in [6.45, 7) is 0. The van der Waals surface area contributed by atoms with Gasteiger partial charge in [0, 0.05) is 30.1 Å². The van der Waals surface area contributed by atoms with Crippen molar-refractivity contribution in [3.8, 4) is 23.3 Å².